The maximum absolute atomic E-state index is 5.39. The van der Waals surface area contributed by atoms with Gasteiger partial charge in [0.25, 0.3) is 0 Å². The smallest absolute Gasteiger partial charge is 0.240 e. The average Bonchev–Trinajstić information content (AvgIpc) is 3.10. The number of hydrogen-bond acceptors (Lipinski definition) is 7. The highest BCUT2D eigenvalue weighted by Crippen LogP contribution is 2.39. The van der Waals surface area contributed by atoms with Gasteiger partial charge in [-0.1, -0.05) is 17.2 Å². The quantitative estimate of drug-likeness (QED) is 0.838. The molecule has 0 amide bonds. The Bertz CT molecular complexity index is 633. The number of likely N-dealkylation sites (tertiary alicyclic amines) is 1. The summed E-state index contributed by atoms with van der Waals surface area (Å²) in [6, 6.07) is 0. The first kappa shape index (κ1) is 13.9. The Morgan fingerprint density at radius 3 is 2.77 bits per heavy atom. The van der Waals surface area contributed by atoms with Crippen LogP contribution in [0.1, 0.15) is 67.9 Å². The molecule has 0 bridgehead atoms. The van der Waals surface area contributed by atoms with Gasteiger partial charge in [-0.25, -0.2) is 0 Å². The lowest BCUT2D eigenvalue weighted by Gasteiger charge is -2.29. The van der Waals surface area contributed by atoms with E-state index in [-0.39, 0.29) is 0 Å². The third kappa shape index (κ3) is 2.90. The molecule has 1 aliphatic carbocycles. The summed E-state index contributed by atoms with van der Waals surface area (Å²) in [5, 5.41) is 8.15. The van der Waals surface area contributed by atoms with Crippen LogP contribution in [0.3, 0.4) is 0 Å². The molecule has 0 N–H and O–H groups in total. The lowest BCUT2D eigenvalue weighted by atomic mass is 9.97. The summed E-state index contributed by atoms with van der Waals surface area (Å²) in [7, 11) is 0. The lowest BCUT2D eigenvalue weighted by molar-refractivity contribution is 0.173. The van der Waals surface area contributed by atoms with Crippen LogP contribution in [0.5, 0.6) is 0 Å². The molecule has 22 heavy (non-hydrogen) atoms. The van der Waals surface area contributed by atoms with Gasteiger partial charge < -0.3 is 9.05 Å². The number of hydrogen-bond donors (Lipinski definition) is 0. The van der Waals surface area contributed by atoms with Gasteiger partial charge in [0, 0.05) is 24.8 Å². The highest BCUT2D eigenvalue weighted by Gasteiger charge is 2.32. The van der Waals surface area contributed by atoms with Crippen molar-refractivity contribution in [1.82, 2.24) is 25.2 Å². The van der Waals surface area contributed by atoms with E-state index in [1.165, 1.54) is 12.8 Å². The summed E-state index contributed by atoms with van der Waals surface area (Å²) in [5.74, 6) is 4.04. The first-order chi connectivity index (χ1) is 10.8. The molecule has 7 heteroatoms. The van der Waals surface area contributed by atoms with Crippen LogP contribution in [-0.4, -0.2) is 38.3 Å². The van der Waals surface area contributed by atoms with E-state index in [9.17, 15) is 0 Å². The van der Waals surface area contributed by atoms with Crippen LogP contribution >= 0.6 is 0 Å². The molecule has 7 nitrogen and oxygen atoms in total. The number of piperidine rings is 1. The van der Waals surface area contributed by atoms with Gasteiger partial charge in [-0.3, -0.25) is 4.90 Å². The number of aryl methyl sites for hydroxylation is 1. The van der Waals surface area contributed by atoms with Gasteiger partial charge in [-0.05, 0) is 32.2 Å². The molecule has 1 atom stereocenters. The van der Waals surface area contributed by atoms with E-state index in [1.807, 2.05) is 6.92 Å². The monoisotopic (exact) mass is 303 g/mol. The van der Waals surface area contributed by atoms with E-state index in [0.717, 1.165) is 49.9 Å². The molecule has 0 unspecified atom stereocenters. The van der Waals surface area contributed by atoms with Gasteiger partial charge >= 0.3 is 0 Å². The Balaban J connectivity index is 1.40. The van der Waals surface area contributed by atoms with Crippen molar-refractivity contribution in [3.05, 3.63) is 23.4 Å². The van der Waals surface area contributed by atoms with Gasteiger partial charge in [-0.15, -0.1) is 0 Å². The molecule has 2 aromatic heterocycles. The largest absolute Gasteiger partial charge is 0.339 e. The highest BCUT2D eigenvalue weighted by atomic mass is 16.5. The average molecular weight is 303 g/mol. The third-order valence-electron chi connectivity index (χ3n) is 4.44. The summed E-state index contributed by atoms with van der Waals surface area (Å²) < 4.78 is 10.7. The highest BCUT2D eigenvalue weighted by molar-refractivity contribution is 5.05. The Morgan fingerprint density at radius 1 is 1.09 bits per heavy atom. The topological polar surface area (TPSA) is 81.1 Å². The fraction of sp³-hybridized carbons (Fsp3) is 0.733. The molecule has 118 valence electrons. The zero-order valence-corrected chi connectivity index (χ0v) is 12.9. The van der Waals surface area contributed by atoms with Crippen LogP contribution in [0.25, 0.3) is 0 Å². The zero-order valence-electron chi connectivity index (χ0n) is 12.9. The van der Waals surface area contributed by atoms with E-state index in [4.69, 9.17) is 9.05 Å². The van der Waals surface area contributed by atoms with E-state index < -0.39 is 0 Å². The van der Waals surface area contributed by atoms with E-state index in [2.05, 4.69) is 25.2 Å². The molecular weight excluding hydrogens is 282 g/mol. The Kier molecular flexibility index (Phi) is 3.65. The van der Waals surface area contributed by atoms with Crippen molar-refractivity contribution in [2.45, 2.75) is 57.4 Å². The van der Waals surface area contributed by atoms with Crippen molar-refractivity contribution in [2.24, 2.45) is 0 Å². The molecule has 3 heterocycles. The minimum absolute atomic E-state index is 0.346. The Morgan fingerprint density at radius 2 is 2.00 bits per heavy atom. The fourth-order valence-electron chi connectivity index (χ4n) is 3.01. The van der Waals surface area contributed by atoms with Gasteiger partial charge in [0.2, 0.25) is 11.8 Å². The Hall–Kier alpha value is -1.76. The summed E-state index contributed by atoms with van der Waals surface area (Å²) in [6.07, 6.45) is 5.43. The van der Waals surface area contributed by atoms with Crippen LogP contribution in [0.2, 0.25) is 0 Å². The van der Waals surface area contributed by atoms with Gasteiger partial charge in [-0.2, -0.15) is 9.97 Å². The molecule has 1 aliphatic heterocycles. The third-order valence-corrected chi connectivity index (χ3v) is 4.44. The second-order valence-electron chi connectivity index (χ2n) is 6.30. The van der Waals surface area contributed by atoms with Crippen molar-refractivity contribution in [3.8, 4) is 0 Å². The predicted octanol–water partition coefficient (Wildman–Crippen LogP) is 2.27. The molecule has 2 aliphatic rings. The molecule has 0 spiro atoms. The van der Waals surface area contributed by atoms with Crippen molar-refractivity contribution in [3.63, 3.8) is 0 Å². The minimum atomic E-state index is 0.346. The molecule has 0 aromatic carbocycles. The van der Waals surface area contributed by atoms with Crippen LogP contribution < -0.4 is 0 Å². The van der Waals surface area contributed by atoms with Gasteiger partial charge in [0.1, 0.15) is 0 Å². The summed E-state index contributed by atoms with van der Waals surface area (Å²) in [5.41, 5.74) is 0. The standard InChI is InChI=1S/C15H21N5O2/c1-2-12-16-13(21-18-12)9-20-7-3-4-11(8-20)14-17-15(22-19-14)10-5-6-10/h10-11H,2-9H2,1H3/t11-/m0/s1. The van der Waals surface area contributed by atoms with Crippen molar-refractivity contribution < 1.29 is 9.05 Å². The molecule has 0 radical (unpaired) electrons. The molecule has 1 saturated heterocycles. The number of aromatic nitrogens is 4. The minimum Gasteiger partial charge on any atom is -0.339 e. The SMILES string of the molecule is CCc1noc(CN2CCC[C@H](c3noc(C4CC4)n3)C2)n1. The van der Waals surface area contributed by atoms with Crippen molar-refractivity contribution >= 4 is 0 Å². The first-order valence-corrected chi connectivity index (χ1v) is 8.19. The summed E-state index contributed by atoms with van der Waals surface area (Å²) in [4.78, 5) is 11.3. The fourth-order valence-corrected chi connectivity index (χ4v) is 3.01. The normalized spacial score (nSPS) is 23.0. The molecule has 4 rings (SSSR count). The van der Waals surface area contributed by atoms with Crippen molar-refractivity contribution in [1.29, 1.82) is 0 Å². The zero-order chi connectivity index (χ0) is 14.9. The molecular formula is C15H21N5O2. The number of rotatable bonds is 5. The lowest BCUT2D eigenvalue weighted by Crippen LogP contribution is -2.34. The van der Waals surface area contributed by atoms with Gasteiger partial charge in [0.05, 0.1) is 6.54 Å². The summed E-state index contributed by atoms with van der Waals surface area (Å²) >= 11 is 0. The van der Waals surface area contributed by atoms with Crippen molar-refractivity contribution in [2.75, 3.05) is 13.1 Å². The van der Waals surface area contributed by atoms with Crippen LogP contribution in [0, 0.1) is 0 Å². The van der Waals surface area contributed by atoms with E-state index >= 15 is 0 Å². The maximum Gasteiger partial charge on any atom is 0.240 e. The van der Waals surface area contributed by atoms with E-state index in [0.29, 0.717) is 24.3 Å². The Labute approximate surface area is 129 Å². The second kappa shape index (κ2) is 5.79. The number of nitrogens with zero attached hydrogens (tertiary/aromatic N) is 5. The van der Waals surface area contributed by atoms with Gasteiger partial charge in [0.15, 0.2) is 11.6 Å². The van der Waals surface area contributed by atoms with Crippen LogP contribution in [-0.2, 0) is 13.0 Å². The second-order valence-corrected chi connectivity index (χ2v) is 6.30. The first-order valence-electron chi connectivity index (χ1n) is 8.19. The van der Waals surface area contributed by atoms with E-state index in [1.54, 1.807) is 0 Å². The predicted molar refractivity (Wildman–Crippen MR) is 77.2 cm³/mol. The van der Waals surface area contributed by atoms with Crippen LogP contribution in [0.4, 0.5) is 0 Å². The molecule has 1 saturated carbocycles. The molecule has 2 aromatic rings. The molecule has 2 fully saturated rings. The summed E-state index contributed by atoms with van der Waals surface area (Å²) in [6.45, 7) is 4.71. The van der Waals surface area contributed by atoms with Crippen LogP contribution in [0.15, 0.2) is 9.05 Å². The maximum atomic E-state index is 5.39.